The second-order valence-electron chi connectivity index (χ2n) is 5.87. The van der Waals surface area contributed by atoms with Gasteiger partial charge in [0.15, 0.2) is 0 Å². The minimum absolute atomic E-state index is 0.131. The number of para-hydroxylation sites is 1. The Hall–Kier alpha value is -3.22. The molecule has 0 spiro atoms. The highest BCUT2D eigenvalue weighted by Gasteiger charge is 2.19. The van der Waals surface area contributed by atoms with Gasteiger partial charge in [-0.3, -0.25) is 9.59 Å². The Bertz CT molecular complexity index is 828. The minimum atomic E-state index is -1.21. The molecule has 0 atom stereocenters. The molecule has 1 heterocycles. The van der Waals surface area contributed by atoms with Gasteiger partial charge in [-0.15, -0.1) is 0 Å². The van der Waals surface area contributed by atoms with E-state index in [-0.39, 0.29) is 23.7 Å². The van der Waals surface area contributed by atoms with Crippen LogP contribution in [0.3, 0.4) is 0 Å². The summed E-state index contributed by atoms with van der Waals surface area (Å²) in [6.07, 6.45) is 1.27. The van der Waals surface area contributed by atoms with Gasteiger partial charge in [-0.05, 0) is 44.0 Å². The molecule has 0 aliphatic rings. The maximum absolute atomic E-state index is 12.6. The fraction of sp³-hybridized carbons (Fsp3) is 0.263. The molecule has 2 rings (SSSR count). The van der Waals surface area contributed by atoms with E-state index >= 15 is 0 Å². The van der Waals surface area contributed by atoms with Crippen molar-refractivity contribution in [3.05, 3.63) is 58.9 Å². The number of amides is 2. The number of aromatic carboxylic acids is 1. The van der Waals surface area contributed by atoms with Crippen molar-refractivity contribution in [3.8, 4) is 0 Å². The molecule has 0 radical (unpaired) electrons. The van der Waals surface area contributed by atoms with Crippen molar-refractivity contribution in [2.75, 3.05) is 18.4 Å². The van der Waals surface area contributed by atoms with Crippen LogP contribution in [0.25, 0.3) is 0 Å². The highest BCUT2D eigenvalue weighted by molar-refractivity contribution is 6.00. The molecule has 0 aliphatic heterocycles. The zero-order chi connectivity index (χ0) is 19.3. The van der Waals surface area contributed by atoms with E-state index in [1.54, 1.807) is 6.92 Å². The number of anilines is 1. The average molecular weight is 355 g/mol. The molecule has 2 amide bonds. The van der Waals surface area contributed by atoms with Crippen LogP contribution in [0.2, 0.25) is 0 Å². The number of carbonyl (C=O) groups excluding carboxylic acids is 2. The lowest BCUT2D eigenvalue weighted by Crippen LogP contribution is -2.38. The van der Waals surface area contributed by atoms with Crippen LogP contribution in [0, 0.1) is 13.8 Å². The molecular formula is C19H21N3O4. The molecule has 0 unspecified atom stereocenters. The molecule has 0 fully saturated rings. The first kappa shape index (κ1) is 19.1. The van der Waals surface area contributed by atoms with Crippen molar-refractivity contribution < 1.29 is 19.5 Å². The van der Waals surface area contributed by atoms with Gasteiger partial charge in [0.2, 0.25) is 5.91 Å². The minimum Gasteiger partial charge on any atom is -0.477 e. The number of hydrogen-bond donors (Lipinski definition) is 2. The summed E-state index contributed by atoms with van der Waals surface area (Å²) in [7, 11) is 0. The Morgan fingerprint density at radius 3 is 2.38 bits per heavy atom. The van der Waals surface area contributed by atoms with Crippen molar-refractivity contribution >= 4 is 23.5 Å². The number of carboxylic acid groups (broad SMARTS) is 1. The number of nitrogens with zero attached hydrogens (tertiary/aromatic N) is 2. The molecule has 7 heteroatoms. The monoisotopic (exact) mass is 355 g/mol. The van der Waals surface area contributed by atoms with Gasteiger partial charge in [0.25, 0.3) is 5.91 Å². The lowest BCUT2D eigenvalue weighted by Gasteiger charge is -2.21. The fourth-order valence-electron chi connectivity index (χ4n) is 2.55. The summed E-state index contributed by atoms with van der Waals surface area (Å²) in [5, 5.41) is 11.8. The van der Waals surface area contributed by atoms with Gasteiger partial charge in [-0.1, -0.05) is 18.2 Å². The zero-order valence-electron chi connectivity index (χ0n) is 14.9. The Kier molecular flexibility index (Phi) is 6.06. The Labute approximate surface area is 151 Å². The van der Waals surface area contributed by atoms with Gasteiger partial charge in [0, 0.05) is 24.0 Å². The highest BCUT2D eigenvalue weighted by atomic mass is 16.4. The van der Waals surface area contributed by atoms with Gasteiger partial charge in [-0.2, -0.15) is 0 Å². The van der Waals surface area contributed by atoms with Crippen LogP contribution in [-0.4, -0.2) is 45.9 Å². The predicted molar refractivity (Wildman–Crippen MR) is 97.3 cm³/mol. The summed E-state index contributed by atoms with van der Waals surface area (Å²) in [6.45, 7) is 5.73. The molecule has 7 nitrogen and oxygen atoms in total. The lowest BCUT2D eigenvalue weighted by molar-refractivity contribution is -0.116. The number of pyridine rings is 1. The number of aromatic nitrogens is 1. The number of aryl methyl sites for hydroxylation is 2. The molecule has 0 bridgehead atoms. The smallest absolute Gasteiger partial charge is 0.354 e. The zero-order valence-corrected chi connectivity index (χ0v) is 14.9. The van der Waals surface area contributed by atoms with Crippen molar-refractivity contribution in [2.24, 2.45) is 0 Å². The fourth-order valence-corrected chi connectivity index (χ4v) is 2.55. The number of nitrogens with one attached hydrogen (secondary N) is 1. The summed E-state index contributed by atoms with van der Waals surface area (Å²) in [5.41, 5.74) is 2.57. The molecule has 26 heavy (non-hydrogen) atoms. The summed E-state index contributed by atoms with van der Waals surface area (Å²) >= 11 is 0. The molecule has 1 aromatic carbocycles. The third-order valence-corrected chi connectivity index (χ3v) is 3.97. The summed E-state index contributed by atoms with van der Waals surface area (Å²) < 4.78 is 0. The SMILES string of the molecule is CCN(CC(=O)Nc1c(C)cccc1C)C(=O)c1ccnc(C(=O)O)c1. The number of carbonyl (C=O) groups is 3. The van der Waals surface area contributed by atoms with E-state index in [1.165, 1.54) is 23.2 Å². The second kappa shape index (κ2) is 8.24. The van der Waals surface area contributed by atoms with Gasteiger partial charge >= 0.3 is 5.97 Å². The molecular weight excluding hydrogens is 334 g/mol. The summed E-state index contributed by atoms with van der Waals surface area (Å²) in [6, 6.07) is 8.34. The normalized spacial score (nSPS) is 10.3. The average Bonchev–Trinajstić information content (AvgIpc) is 2.62. The molecule has 1 aromatic heterocycles. The number of likely N-dealkylation sites (N-methyl/N-ethyl adjacent to an activating group) is 1. The van der Waals surface area contributed by atoms with E-state index in [4.69, 9.17) is 5.11 Å². The molecule has 0 aliphatic carbocycles. The quantitative estimate of drug-likeness (QED) is 0.829. The van der Waals surface area contributed by atoms with Crippen molar-refractivity contribution in [1.29, 1.82) is 0 Å². The van der Waals surface area contributed by atoms with E-state index in [2.05, 4.69) is 10.3 Å². The maximum atomic E-state index is 12.6. The van der Waals surface area contributed by atoms with Gasteiger partial charge in [0.05, 0.1) is 0 Å². The van der Waals surface area contributed by atoms with Gasteiger partial charge < -0.3 is 15.3 Å². The van der Waals surface area contributed by atoms with Crippen LogP contribution in [0.4, 0.5) is 5.69 Å². The second-order valence-corrected chi connectivity index (χ2v) is 5.87. The predicted octanol–water partition coefficient (Wildman–Crippen LogP) is 2.50. The largest absolute Gasteiger partial charge is 0.477 e. The summed E-state index contributed by atoms with van der Waals surface area (Å²) in [5.74, 6) is -1.95. The van der Waals surface area contributed by atoms with Crippen LogP contribution in [0.5, 0.6) is 0 Å². The van der Waals surface area contributed by atoms with Gasteiger partial charge in [0.1, 0.15) is 12.2 Å². The van der Waals surface area contributed by atoms with E-state index < -0.39 is 11.9 Å². The number of carboxylic acids is 1. The number of rotatable bonds is 6. The van der Waals surface area contributed by atoms with Gasteiger partial charge in [-0.25, -0.2) is 9.78 Å². The first-order valence-corrected chi connectivity index (χ1v) is 8.18. The standard InChI is InChI=1S/C19H21N3O4/c1-4-22(18(24)14-8-9-20-15(10-14)19(25)26)11-16(23)21-17-12(2)6-5-7-13(17)3/h5-10H,4,11H2,1-3H3,(H,21,23)(H,25,26). The van der Waals surface area contributed by atoms with E-state index in [1.807, 2.05) is 32.0 Å². The molecule has 2 aromatic rings. The van der Waals surface area contributed by atoms with Crippen LogP contribution in [0.1, 0.15) is 38.9 Å². The lowest BCUT2D eigenvalue weighted by atomic mass is 10.1. The van der Waals surface area contributed by atoms with Crippen LogP contribution in [-0.2, 0) is 4.79 Å². The van der Waals surface area contributed by atoms with Crippen LogP contribution in [0.15, 0.2) is 36.5 Å². The number of hydrogen-bond acceptors (Lipinski definition) is 4. The van der Waals surface area contributed by atoms with Crippen molar-refractivity contribution in [1.82, 2.24) is 9.88 Å². The molecule has 0 saturated carbocycles. The highest BCUT2D eigenvalue weighted by Crippen LogP contribution is 2.19. The van der Waals surface area contributed by atoms with Crippen molar-refractivity contribution in [3.63, 3.8) is 0 Å². The van der Waals surface area contributed by atoms with Crippen molar-refractivity contribution in [2.45, 2.75) is 20.8 Å². The Morgan fingerprint density at radius 2 is 1.81 bits per heavy atom. The molecule has 0 saturated heterocycles. The Morgan fingerprint density at radius 1 is 1.15 bits per heavy atom. The topological polar surface area (TPSA) is 99.6 Å². The molecule has 2 N–H and O–H groups in total. The van der Waals surface area contributed by atoms with E-state index in [9.17, 15) is 14.4 Å². The van der Waals surface area contributed by atoms with E-state index in [0.717, 1.165) is 16.8 Å². The van der Waals surface area contributed by atoms with E-state index in [0.29, 0.717) is 6.54 Å². The number of benzene rings is 1. The van der Waals surface area contributed by atoms with Crippen LogP contribution >= 0.6 is 0 Å². The van der Waals surface area contributed by atoms with Crippen LogP contribution < -0.4 is 5.32 Å². The molecule has 136 valence electrons. The first-order valence-electron chi connectivity index (χ1n) is 8.18. The first-order chi connectivity index (χ1) is 12.3. The summed E-state index contributed by atoms with van der Waals surface area (Å²) in [4.78, 5) is 41.0. The third-order valence-electron chi connectivity index (χ3n) is 3.97. The maximum Gasteiger partial charge on any atom is 0.354 e. The third kappa shape index (κ3) is 4.44. The Balaban J connectivity index is 2.13.